The number of rotatable bonds is 6. The smallest absolute Gasteiger partial charge is 0.0547 e. The first-order chi connectivity index (χ1) is 43.1. The van der Waals surface area contributed by atoms with Gasteiger partial charge >= 0.3 is 0 Å². The lowest BCUT2D eigenvalue weighted by Gasteiger charge is -2.14. The maximum Gasteiger partial charge on any atom is 0.0547 e. The quantitative estimate of drug-likeness (QED) is 0.158. The van der Waals surface area contributed by atoms with E-state index in [9.17, 15) is 0 Å². The van der Waals surface area contributed by atoms with E-state index in [4.69, 9.17) is 0 Å². The number of para-hydroxylation sites is 3. The lowest BCUT2D eigenvalue weighted by Crippen LogP contribution is -1.96. The van der Waals surface area contributed by atoms with E-state index < -0.39 is 0 Å². The Hall–Kier alpha value is -11.5. The number of benzene rings is 15. The molecule has 2 aliphatic carbocycles. The molecule has 0 amide bonds. The molecule has 400 valence electrons. The molecule has 0 aliphatic heterocycles. The first kappa shape index (κ1) is 46.9. The van der Waals surface area contributed by atoms with Crippen molar-refractivity contribution < 1.29 is 0 Å². The molecule has 0 bridgehead atoms. The molecule has 15 aromatic carbocycles. The summed E-state index contributed by atoms with van der Waals surface area (Å²) in [5.41, 5.74) is 28.3. The Balaban J connectivity index is 0.695. The highest BCUT2D eigenvalue weighted by atomic mass is 15.0. The number of fused-ring (bicyclic) bond motifs is 17. The van der Waals surface area contributed by atoms with Gasteiger partial charge in [-0.15, -0.1) is 0 Å². The highest BCUT2D eigenvalue weighted by Gasteiger charge is 2.28. The second-order valence-corrected chi connectivity index (χ2v) is 23.9. The lowest BCUT2D eigenvalue weighted by molar-refractivity contribution is 1.17. The van der Waals surface area contributed by atoms with E-state index >= 15 is 0 Å². The zero-order valence-electron chi connectivity index (χ0n) is 47.1. The molecule has 0 spiro atoms. The largest absolute Gasteiger partial charge is 0.309 e. The van der Waals surface area contributed by atoms with E-state index in [2.05, 4.69) is 311 Å². The molecule has 3 heteroatoms. The summed E-state index contributed by atoms with van der Waals surface area (Å²) in [6.45, 7) is 0. The molecule has 18 aromatic rings. The Morgan fingerprint density at radius 2 is 0.690 bits per heavy atom. The highest BCUT2D eigenvalue weighted by molar-refractivity contribution is 6.23. The van der Waals surface area contributed by atoms with Crippen molar-refractivity contribution in [2.45, 2.75) is 0 Å². The van der Waals surface area contributed by atoms with Gasteiger partial charge in [0.25, 0.3) is 0 Å². The molecule has 0 N–H and O–H groups in total. The first-order valence-electron chi connectivity index (χ1n) is 30.2. The standard InChI is InChI=1S/C84H49N3/c1-2-16-50(17-3-1)52-35-39-78-71(46-52)65-24-6-9-31-75(65)85(78)59-37-41-79-72(48-59)66-25-7-10-32-76(66)87(79)60-45-56-20-14-30-70-82(56)74(49-60)68-29-15-27-61(83(68)70)53-18-12-21-58(44-53)86-77-33-11-8-26-69(77)84-62-38-34-51(42-54(62)36-40-80(84)86)57-43-55-19-13-28-67-63-22-4-5-23-64(63)73(47-57)81(55)67/h1-49H. The summed E-state index contributed by atoms with van der Waals surface area (Å²) >= 11 is 0. The van der Waals surface area contributed by atoms with Crippen molar-refractivity contribution in [2.75, 3.05) is 0 Å². The van der Waals surface area contributed by atoms with Crippen LogP contribution in [0.1, 0.15) is 0 Å². The van der Waals surface area contributed by atoms with Crippen LogP contribution in [0, 0.1) is 0 Å². The van der Waals surface area contributed by atoms with Crippen LogP contribution in [0.15, 0.2) is 297 Å². The molecular formula is C84H49N3. The Kier molecular flexibility index (Phi) is 9.45. The van der Waals surface area contributed by atoms with Gasteiger partial charge in [0.15, 0.2) is 0 Å². The van der Waals surface area contributed by atoms with Crippen LogP contribution in [0.25, 0.3) is 193 Å². The summed E-state index contributed by atoms with van der Waals surface area (Å²) in [7, 11) is 0. The fourth-order valence-corrected chi connectivity index (χ4v) is 15.8. The van der Waals surface area contributed by atoms with Gasteiger partial charge in [-0.05, 0) is 207 Å². The molecular weight excluding hydrogens is 1050 g/mol. The molecule has 0 fully saturated rings. The van der Waals surface area contributed by atoms with E-state index in [1.807, 2.05) is 0 Å². The van der Waals surface area contributed by atoms with Crippen molar-refractivity contribution >= 4 is 97.7 Å². The summed E-state index contributed by atoms with van der Waals surface area (Å²) in [6, 6.07) is 111. The van der Waals surface area contributed by atoms with Gasteiger partial charge < -0.3 is 13.7 Å². The molecule has 20 rings (SSSR count). The summed E-state index contributed by atoms with van der Waals surface area (Å²) in [5.74, 6) is 0. The summed E-state index contributed by atoms with van der Waals surface area (Å²) < 4.78 is 7.41. The van der Waals surface area contributed by atoms with E-state index in [-0.39, 0.29) is 0 Å². The zero-order valence-corrected chi connectivity index (χ0v) is 47.1. The molecule has 3 heterocycles. The van der Waals surface area contributed by atoms with Crippen molar-refractivity contribution in [3.05, 3.63) is 297 Å². The second kappa shape index (κ2) is 17.5. The molecule has 0 radical (unpaired) electrons. The first-order valence-corrected chi connectivity index (χ1v) is 30.2. The van der Waals surface area contributed by atoms with Crippen LogP contribution in [0.3, 0.4) is 0 Å². The van der Waals surface area contributed by atoms with Crippen LogP contribution in [0.2, 0.25) is 0 Å². The van der Waals surface area contributed by atoms with E-state index in [0.717, 1.165) is 17.1 Å². The Labute approximate surface area is 500 Å². The minimum absolute atomic E-state index is 1.14. The third-order valence-corrected chi connectivity index (χ3v) is 19.4. The SMILES string of the molecule is c1ccc(-c2ccc3c(c2)c2ccccc2n3-c2ccc3c(c2)c2ccccc2n3-c2cc3c4c(cccc4c2)-c2c(-c4cccc(-n5c6ccccc6c6c7ccc(-c8cc9c%10c(cccc%10c8)-c8ccccc8-9)cc7ccc65)c4)cccc2-3)cc1. The lowest BCUT2D eigenvalue weighted by atomic mass is 9.93. The predicted molar refractivity (Wildman–Crippen MR) is 367 cm³/mol. The molecule has 0 saturated carbocycles. The van der Waals surface area contributed by atoms with Crippen molar-refractivity contribution in [1.82, 2.24) is 13.7 Å². The molecule has 3 aromatic heterocycles. The predicted octanol–water partition coefficient (Wildman–Crippen LogP) is 22.7. The van der Waals surface area contributed by atoms with Gasteiger partial charge in [-0.3, -0.25) is 0 Å². The highest BCUT2D eigenvalue weighted by Crippen LogP contribution is 2.54. The van der Waals surface area contributed by atoms with Crippen molar-refractivity contribution in [3.63, 3.8) is 0 Å². The van der Waals surface area contributed by atoms with E-state index in [1.54, 1.807) is 0 Å². The topological polar surface area (TPSA) is 14.8 Å². The molecule has 0 saturated heterocycles. The normalized spacial score (nSPS) is 12.4. The van der Waals surface area contributed by atoms with Crippen molar-refractivity contribution in [1.29, 1.82) is 0 Å². The number of hydrogen-bond donors (Lipinski definition) is 0. The third-order valence-electron chi connectivity index (χ3n) is 19.4. The number of aromatic nitrogens is 3. The molecule has 3 nitrogen and oxygen atoms in total. The van der Waals surface area contributed by atoms with Gasteiger partial charge in [0.1, 0.15) is 0 Å². The Morgan fingerprint density at radius 1 is 0.172 bits per heavy atom. The zero-order chi connectivity index (χ0) is 56.6. The monoisotopic (exact) mass is 1100 g/mol. The fourth-order valence-electron chi connectivity index (χ4n) is 15.8. The van der Waals surface area contributed by atoms with Crippen molar-refractivity contribution in [3.8, 4) is 95.0 Å². The minimum atomic E-state index is 1.14. The van der Waals surface area contributed by atoms with E-state index in [0.29, 0.717) is 0 Å². The summed E-state index contributed by atoms with van der Waals surface area (Å²) in [5, 5.41) is 15.2. The average Bonchev–Trinajstić information content (AvgIpc) is 1.82. The third kappa shape index (κ3) is 6.55. The maximum atomic E-state index is 2.49. The van der Waals surface area contributed by atoms with Crippen LogP contribution in [-0.4, -0.2) is 13.7 Å². The second-order valence-electron chi connectivity index (χ2n) is 23.9. The number of hydrogen-bond acceptors (Lipinski definition) is 0. The molecule has 0 atom stereocenters. The molecule has 87 heavy (non-hydrogen) atoms. The molecule has 0 unspecified atom stereocenters. The Morgan fingerprint density at radius 3 is 1.51 bits per heavy atom. The van der Waals surface area contributed by atoms with Gasteiger partial charge in [-0.1, -0.05) is 200 Å². The van der Waals surface area contributed by atoms with Gasteiger partial charge in [0, 0.05) is 49.4 Å². The van der Waals surface area contributed by atoms with Crippen LogP contribution in [-0.2, 0) is 0 Å². The van der Waals surface area contributed by atoms with Gasteiger partial charge in [-0.2, -0.15) is 0 Å². The minimum Gasteiger partial charge on any atom is -0.309 e. The van der Waals surface area contributed by atoms with Gasteiger partial charge in [0.05, 0.1) is 33.1 Å². The van der Waals surface area contributed by atoms with Gasteiger partial charge in [0.2, 0.25) is 0 Å². The average molecular weight is 1100 g/mol. The van der Waals surface area contributed by atoms with Gasteiger partial charge in [-0.25, -0.2) is 0 Å². The van der Waals surface area contributed by atoms with Crippen LogP contribution < -0.4 is 0 Å². The summed E-state index contributed by atoms with van der Waals surface area (Å²) in [4.78, 5) is 0. The van der Waals surface area contributed by atoms with Crippen molar-refractivity contribution in [2.24, 2.45) is 0 Å². The fraction of sp³-hybridized carbons (Fsp3) is 0. The Bertz CT molecular complexity index is 6060. The maximum absolute atomic E-state index is 2.49. The van der Waals surface area contributed by atoms with Crippen LogP contribution in [0.4, 0.5) is 0 Å². The number of nitrogens with zero attached hydrogens (tertiary/aromatic N) is 3. The van der Waals surface area contributed by atoms with Crippen LogP contribution >= 0.6 is 0 Å². The van der Waals surface area contributed by atoms with E-state index in [1.165, 1.54) is 176 Å². The molecule has 2 aliphatic rings. The summed E-state index contributed by atoms with van der Waals surface area (Å²) in [6.07, 6.45) is 0. The van der Waals surface area contributed by atoms with Crippen LogP contribution in [0.5, 0.6) is 0 Å².